The summed E-state index contributed by atoms with van der Waals surface area (Å²) < 4.78 is 2.21. The maximum Gasteiger partial charge on any atom is 0.226 e. The zero-order chi connectivity index (χ0) is 21.5. The molecule has 0 spiro atoms. The van der Waals surface area contributed by atoms with Gasteiger partial charge in [0.05, 0.1) is 18.9 Å². The van der Waals surface area contributed by atoms with Crippen LogP contribution in [0.5, 0.6) is 0 Å². The number of hydrogen-bond acceptors (Lipinski definition) is 3. The average molecular weight is 411 g/mol. The molecule has 7 nitrogen and oxygen atoms in total. The predicted octanol–water partition coefficient (Wildman–Crippen LogP) is 3.53. The van der Waals surface area contributed by atoms with E-state index in [1.54, 1.807) is 0 Å². The molecule has 1 aliphatic heterocycles. The van der Waals surface area contributed by atoms with Crippen LogP contribution in [-0.4, -0.2) is 46.0 Å². The van der Waals surface area contributed by atoms with Crippen molar-refractivity contribution in [2.45, 2.75) is 46.7 Å². The number of rotatable bonds is 6. The number of carbonyl (C=O) groups is 1. The number of guanidine groups is 1. The number of likely N-dealkylation sites (tertiary alicyclic amines) is 1. The average Bonchev–Trinajstić information content (AvgIpc) is 3.27. The van der Waals surface area contributed by atoms with Crippen LogP contribution in [0.25, 0.3) is 0 Å². The van der Waals surface area contributed by atoms with Crippen LogP contribution in [0.15, 0.2) is 48.0 Å². The Balaban J connectivity index is 1.66. The van der Waals surface area contributed by atoms with E-state index in [2.05, 4.69) is 38.9 Å². The Morgan fingerprint density at radius 2 is 2.07 bits per heavy atom. The Bertz CT molecular complexity index is 828. The molecule has 1 aromatic carbocycles. The van der Waals surface area contributed by atoms with E-state index in [1.165, 1.54) is 0 Å². The van der Waals surface area contributed by atoms with E-state index < -0.39 is 0 Å². The van der Waals surface area contributed by atoms with Crippen LogP contribution in [0.4, 0.5) is 5.69 Å². The molecule has 1 aromatic heterocycles. The molecule has 30 heavy (non-hydrogen) atoms. The fourth-order valence-corrected chi connectivity index (χ4v) is 3.67. The first-order valence-corrected chi connectivity index (χ1v) is 10.9. The molecule has 0 bridgehead atoms. The highest BCUT2D eigenvalue weighted by molar-refractivity contribution is 5.92. The fraction of sp³-hybridized carbons (Fsp3) is 0.522. The second-order valence-electron chi connectivity index (χ2n) is 8.30. The molecule has 0 aliphatic carbocycles. The molecule has 2 unspecified atom stereocenters. The van der Waals surface area contributed by atoms with E-state index in [0.29, 0.717) is 18.5 Å². The van der Waals surface area contributed by atoms with Gasteiger partial charge in [0.1, 0.15) is 0 Å². The van der Waals surface area contributed by atoms with Crippen LogP contribution in [-0.2, 0) is 11.3 Å². The molecule has 1 aliphatic rings. The molecule has 3 rings (SSSR count). The Morgan fingerprint density at radius 3 is 2.70 bits per heavy atom. The van der Waals surface area contributed by atoms with Gasteiger partial charge in [-0.05, 0) is 37.0 Å². The Hall–Kier alpha value is -2.83. The zero-order valence-corrected chi connectivity index (χ0v) is 18.5. The van der Waals surface area contributed by atoms with Crippen molar-refractivity contribution in [3.8, 4) is 0 Å². The van der Waals surface area contributed by atoms with Gasteiger partial charge in [-0.1, -0.05) is 32.9 Å². The lowest BCUT2D eigenvalue weighted by molar-refractivity contribution is -0.118. The van der Waals surface area contributed by atoms with Crippen molar-refractivity contribution in [3.05, 3.63) is 48.5 Å². The van der Waals surface area contributed by atoms with Gasteiger partial charge in [-0.3, -0.25) is 4.79 Å². The van der Waals surface area contributed by atoms with Crippen LogP contribution in [0.1, 0.15) is 45.7 Å². The SMILES string of the molecule is CCNC(=NCc1ccc(NC(=O)C(C)C)cc1)N1CCC(C)C(n2ccnc2)C1. The highest BCUT2D eigenvalue weighted by Gasteiger charge is 2.28. The van der Waals surface area contributed by atoms with Crippen molar-refractivity contribution >= 4 is 17.6 Å². The third-order valence-electron chi connectivity index (χ3n) is 5.62. The van der Waals surface area contributed by atoms with Crippen LogP contribution in [0, 0.1) is 11.8 Å². The third kappa shape index (κ3) is 5.62. The van der Waals surface area contributed by atoms with Crippen molar-refractivity contribution in [3.63, 3.8) is 0 Å². The van der Waals surface area contributed by atoms with Crippen molar-refractivity contribution in [1.82, 2.24) is 19.8 Å². The molecule has 1 saturated heterocycles. The molecule has 7 heteroatoms. The summed E-state index contributed by atoms with van der Waals surface area (Å²) in [5.74, 6) is 1.55. The first kappa shape index (κ1) is 21.9. The van der Waals surface area contributed by atoms with Gasteiger partial charge in [0.2, 0.25) is 5.91 Å². The quantitative estimate of drug-likeness (QED) is 0.564. The number of nitrogens with zero attached hydrogens (tertiary/aromatic N) is 4. The largest absolute Gasteiger partial charge is 0.357 e. The lowest BCUT2D eigenvalue weighted by Gasteiger charge is -2.39. The monoisotopic (exact) mass is 410 g/mol. The molecule has 2 atom stereocenters. The number of nitrogens with one attached hydrogen (secondary N) is 2. The van der Waals surface area contributed by atoms with Gasteiger partial charge in [0.15, 0.2) is 5.96 Å². The smallest absolute Gasteiger partial charge is 0.226 e. The van der Waals surface area contributed by atoms with Crippen molar-refractivity contribution in [2.24, 2.45) is 16.8 Å². The summed E-state index contributed by atoms with van der Waals surface area (Å²) in [6.07, 6.45) is 6.93. The molecule has 2 aromatic rings. The fourth-order valence-electron chi connectivity index (χ4n) is 3.67. The van der Waals surface area contributed by atoms with Crippen molar-refractivity contribution in [1.29, 1.82) is 0 Å². The lowest BCUT2D eigenvalue weighted by atomic mass is 9.93. The maximum absolute atomic E-state index is 11.8. The summed E-state index contributed by atoms with van der Waals surface area (Å²) in [5, 5.41) is 6.37. The Labute approximate surface area is 179 Å². The van der Waals surface area contributed by atoms with E-state index in [-0.39, 0.29) is 11.8 Å². The summed E-state index contributed by atoms with van der Waals surface area (Å²) >= 11 is 0. The normalized spacial score (nSPS) is 19.8. The van der Waals surface area contributed by atoms with Gasteiger partial charge in [-0.2, -0.15) is 0 Å². The number of aromatic nitrogens is 2. The van der Waals surface area contributed by atoms with Gasteiger partial charge >= 0.3 is 0 Å². The summed E-state index contributed by atoms with van der Waals surface area (Å²) in [7, 11) is 0. The number of aliphatic imine (C=N–C) groups is 1. The summed E-state index contributed by atoms with van der Waals surface area (Å²) in [5.41, 5.74) is 1.94. The molecular formula is C23H34N6O. The molecule has 1 fully saturated rings. The molecule has 0 saturated carbocycles. The number of imidazole rings is 1. The predicted molar refractivity (Wildman–Crippen MR) is 121 cm³/mol. The van der Waals surface area contributed by atoms with Gasteiger partial charge in [0, 0.05) is 43.6 Å². The number of amides is 1. The van der Waals surface area contributed by atoms with Gasteiger partial charge in [0.25, 0.3) is 0 Å². The lowest BCUT2D eigenvalue weighted by Crippen LogP contribution is -2.49. The van der Waals surface area contributed by atoms with E-state index in [0.717, 1.165) is 43.3 Å². The van der Waals surface area contributed by atoms with E-state index >= 15 is 0 Å². The van der Waals surface area contributed by atoms with Crippen LogP contribution in [0.3, 0.4) is 0 Å². The number of benzene rings is 1. The standard InChI is InChI=1S/C23H34N6O/c1-5-25-23(28-12-10-18(4)21(15-28)29-13-11-24-16-29)26-14-19-6-8-20(9-7-19)27-22(30)17(2)3/h6-9,11,13,16-18,21H,5,10,12,14-15H2,1-4H3,(H,25,26)(H,27,30). The molecular weight excluding hydrogens is 376 g/mol. The minimum Gasteiger partial charge on any atom is -0.357 e. The van der Waals surface area contributed by atoms with Crippen LogP contribution in [0.2, 0.25) is 0 Å². The molecule has 2 heterocycles. The van der Waals surface area contributed by atoms with Gasteiger partial charge in [-0.15, -0.1) is 0 Å². The van der Waals surface area contributed by atoms with Gasteiger partial charge < -0.3 is 20.1 Å². The molecule has 1 amide bonds. The van der Waals surface area contributed by atoms with Crippen molar-refractivity contribution in [2.75, 3.05) is 25.0 Å². The first-order valence-electron chi connectivity index (χ1n) is 10.9. The number of piperidine rings is 1. The number of carbonyl (C=O) groups excluding carboxylic acids is 1. The summed E-state index contributed by atoms with van der Waals surface area (Å²) in [6.45, 7) is 11.5. The van der Waals surface area contributed by atoms with Gasteiger partial charge in [-0.25, -0.2) is 9.98 Å². The minimum absolute atomic E-state index is 0.0296. The van der Waals surface area contributed by atoms with E-state index in [4.69, 9.17) is 4.99 Å². The minimum atomic E-state index is -0.0321. The molecule has 0 radical (unpaired) electrons. The van der Waals surface area contributed by atoms with E-state index in [9.17, 15) is 4.79 Å². The molecule has 162 valence electrons. The summed E-state index contributed by atoms with van der Waals surface area (Å²) in [4.78, 5) is 23.3. The Kier molecular flexibility index (Phi) is 7.49. The van der Waals surface area contributed by atoms with Crippen molar-refractivity contribution < 1.29 is 4.79 Å². The highest BCUT2D eigenvalue weighted by Crippen LogP contribution is 2.27. The second kappa shape index (κ2) is 10.3. The third-order valence-corrected chi connectivity index (χ3v) is 5.62. The zero-order valence-electron chi connectivity index (χ0n) is 18.5. The highest BCUT2D eigenvalue weighted by atomic mass is 16.1. The maximum atomic E-state index is 11.8. The van der Waals surface area contributed by atoms with Crippen LogP contribution < -0.4 is 10.6 Å². The topological polar surface area (TPSA) is 74.6 Å². The van der Waals surface area contributed by atoms with E-state index in [1.807, 2.05) is 56.8 Å². The number of anilines is 1. The first-order chi connectivity index (χ1) is 14.5. The van der Waals surface area contributed by atoms with Crippen LogP contribution >= 0.6 is 0 Å². The Morgan fingerprint density at radius 1 is 1.30 bits per heavy atom. The summed E-state index contributed by atoms with van der Waals surface area (Å²) in [6, 6.07) is 8.32. The number of hydrogen-bond donors (Lipinski definition) is 2. The second-order valence-corrected chi connectivity index (χ2v) is 8.30. The molecule has 2 N–H and O–H groups in total.